The van der Waals surface area contributed by atoms with E-state index in [9.17, 15) is 0 Å². The highest BCUT2D eigenvalue weighted by Gasteiger charge is 2.25. The fraction of sp³-hybridized carbons (Fsp3) is 1.00. The predicted octanol–water partition coefficient (Wildman–Crippen LogP) is -1.59. The summed E-state index contributed by atoms with van der Waals surface area (Å²) in [5, 5.41) is 29.3. The summed E-state index contributed by atoms with van der Waals surface area (Å²) in [6.45, 7) is 0.0176. The van der Waals surface area contributed by atoms with Crippen LogP contribution in [0.4, 0.5) is 0 Å². The first-order valence-electron chi connectivity index (χ1n) is 3.47. The maximum absolute atomic E-state index is 9.01. The zero-order valence-electron chi connectivity index (χ0n) is 5.70. The van der Waals surface area contributed by atoms with E-state index >= 15 is 0 Å². The van der Waals surface area contributed by atoms with Gasteiger partial charge in [0.15, 0.2) is 0 Å². The third-order valence-electron chi connectivity index (χ3n) is 1.80. The normalized spacial score (nSPS) is 41.7. The minimum Gasteiger partial charge on any atom is -0.395 e. The number of aliphatic hydroxyl groups is 3. The van der Waals surface area contributed by atoms with Crippen molar-refractivity contribution in [3.63, 3.8) is 0 Å². The molecule has 0 radical (unpaired) electrons. The lowest BCUT2D eigenvalue weighted by atomic mass is 10.0. The molecule has 0 aliphatic carbocycles. The summed E-state index contributed by atoms with van der Waals surface area (Å²) in [6.07, 6.45) is -0.276. The zero-order valence-corrected chi connectivity index (χ0v) is 5.70. The van der Waals surface area contributed by atoms with Gasteiger partial charge in [-0.15, -0.1) is 0 Å². The molecule has 1 heterocycles. The SMILES string of the molecule is OCC1CCC(O)C(O)N1. The molecule has 0 aromatic heterocycles. The van der Waals surface area contributed by atoms with Crippen LogP contribution in [0, 0.1) is 0 Å². The fourth-order valence-corrected chi connectivity index (χ4v) is 1.11. The van der Waals surface area contributed by atoms with Crippen molar-refractivity contribution in [3.8, 4) is 0 Å². The van der Waals surface area contributed by atoms with E-state index in [4.69, 9.17) is 15.3 Å². The average Bonchev–Trinajstić information content (AvgIpc) is 1.95. The van der Waals surface area contributed by atoms with Gasteiger partial charge >= 0.3 is 0 Å². The molecule has 1 rings (SSSR count). The van der Waals surface area contributed by atoms with Gasteiger partial charge < -0.3 is 15.3 Å². The van der Waals surface area contributed by atoms with Crippen LogP contribution in [0.2, 0.25) is 0 Å². The second-order valence-electron chi connectivity index (χ2n) is 2.64. The molecule has 3 atom stereocenters. The van der Waals surface area contributed by atoms with Crippen LogP contribution >= 0.6 is 0 Å². The first-order chi connectivity index (χ1) is 4.74. The van der Waals surface area contributed by atoms with Crippen LogP contribution in [0.3, 0.4) is 0 Å². The van der Waals surface area contributed by atoms with E-state index < -0.39 is 12.3 Å². The summed E-state index contributed by atoms with van der Waals surface area (Å²) in [4.78, 5) is 0. The van der Waals surface area contributed by atoms with Gasteiger partial charge in [0.05, 0.1) is 12.7 Å². The quantitative estimate of drug-likeness (QED) is 0.361. The third kappa shape index (κ3) is 1.67. The molecule has 0 spiro atoms. The molecule has 1 fully saturated rings. The van der Waals surface area contributed by atoms with Crippen LogP contribution in [0.25, 0.3) is 0 Å². The van der Waals surface area contributed by atoms with Crippen LogP contribution in [-0.4, -0.2) is 40.3 Å². The summed E-state index contributed by atoms with van der Waals surface area (Å²) >= 11 is 0. The molecule has 0 saturated carbocycles. The summed E-state index contributed by atoms with van der Waals surface area (Å²) in [5.74, 6) is 0. The van der Waals surface area contributed by atoms with E-state index in [0.717, 1.165) is 0 Å². The maximum atomic E-state index is 9.01. The highest BCUT2D eigenvalue weighted by molar-refractivity contribution is 4.79. The number of hydrogen-bond donors (Lipinski definition) is 4. The summed E-state index contributed by atoms with van der Waals surface area (Å²) in [6, 6.07) is -0.0570. The molecule has 3 unspecified atom stereocenters. The lowest BCUT2D eigenvalue weighted by molar-refractivity contribution is -0.0422. The molecule has 0 aromatic carbocycles. The number of rotatable bonds is 1. The second-order valence-corrected chi connectivity index (χ2v) is 2.64. The molecule has 4 heteroatoms. The molecule has 4 N–H and O–H groups in total. The predicted molar refractivity (Wildman–Crippen MR) is 35.3 cm³/mol. The summed E-state index contributed by atoms with van der Waals surface area (Å²) in [7, 11) is 0. The molecule has 1 aliphatic rings. The molecule has 0 bridgehead atoms. The molecule has 60 valence electrons. The number of piperidine rings is 1. The Kier molecular flexibility index (Phi) is 2.62. The highest BCUT2D eigenvalue weighted by Crippen LogP contribution is 2.10. The van der Waals surface area contributed by atoms with Crippen LogP contribution in [0.1, 0.15) is 12.8 Å². The second kappa shape index (κ2) is 3.30. The van der Waals surface area contributed by atoms with Gasteiger partial charge in [-0.3, -0.25) is 5.32 Å². The van der Waals surface area contributed by atoms with Crippen molar-refractivity contribution < 1.29 is 15.3 Å². The van der Waals surface area contributed by atoms with Crippen molar-refractivity contribution in [1.29, 1.82) is 0 Å². The maximum Gasteiger partial charge on any atom is 0.131 e. The van der Waals surface area contributed by atoms with Gasteiger partial charge in [-0.05, 0) is 12.8 Å². The Morgan fingerprint density at radius 1 is 1.30 bits per heavy atom. The van der Waals surface area contributed by atoms with Crippen molar-refractivity contribution in [1.82, 2.24) is 5.32 Å². The largest absolute Gasteiger partial charge is 0.395 e. The average molecular weight is 147 g/mol. The summed E-state index contributed by atoms with van der Waals surface area (Å²) in [5.41, 5.74) is 0. The molecular weight excluding hydrogens is 134 g/mol. The van der Waals surface area contributed by atoms with E-state index in [1.807, 2.05) is 0 Å². The molecule has 0 amide bonds. The van der Waals surface area contributed by atoms with Crippen LogP contribution in [-0.2, 0) is 0 Å². The van der Waals surface area contributed by atoms with Crippen LogP contribution in [0.5, 0.6) is 0 Å². The number of aliphatic hydroxyl groups excluding tert-OH is 3. The van der Waals surface area contributed by atoms with Gasteiger partial charge in [0.1, 0.15) is 6.23 Å². The number of nitrogens with one attached hydrogen (secondary N) is 1. The van der Waals surface area contributed by atoms with Crippen molar-refractivity contribution in [2.75, 3.05) is 6.61 Å². The molecule has 1 saturated heterocycles. The van der Waals surface area contributed by atoms with Crippen molar-refractivity contribution in [2.24, 2.45) is 0 Å². The third-order valence-corrected chi connectivity index (χ3v) is 1.80. The number of hydrogen-bond acceptors (Lipinski definition) is 4. The molecule has 10 heavy (non-hydrogen) atoms. The van der Waals surface area contributed by atoms with Crippen LogP contribution in [0.15, 0.2) is 0 Å². The minimum absolute atomic E-state index is 0.0176. The van der Waals surface area contributed by atoms with Gasteiger partial charge in [0.2, 0.25) is 0 Å². The first-order valence-corrected chi connectivity index (χ1v) is 3.47. The molecule has 4 nitrogen and oxygen atoms in total. The van der Waals surface area contributed by atoms with Gasteiger partial charge in [-0.1, -0.05) is 0 Å². The lowest BCUT2D eigenvalue weighted by Gasteiger charge is -2.30. The topological polar surface area (TPSA) is 72.7 Å². The zero-order chi connectivity index (χ0) is 7.56. The van der Waals surface area contributed by atoms with Gasteiger partial charge in [0, 0.05) is 6.04 Å². The van der Waals surface area contributed by atoms with E-state index in [-0.39, 0.29) is 12.6 Å². The fourth-order valence-electron chi connectivity index (χ4n) is 1.11. The molecule has 1 aliphatic heterocycles. The Morgan fingerprint density at radius 3 is 2.50 bits per heavy atom. The van der Waals surface area contributed by atoms with Crippen molar-refractivity contribution in [3.05, 3.63) is 0 Å². The van der Waals surface area contributed by atoms with Gasteiger partial charge in [-0.2, -0.15) is 0 Å². The van der Waals surface area contributed by atoms with E-state index in [1.54, 1.807) is 0 Å². The standard InChI is InChI=1S/C6H13NO3/c8-3-4-1-2-5(9)6(10)7-4/h4-10H,1-3H2. The first kappa shape index (κ1) is 7.94. The molecule has 0 aromatic rings. The van der Waals surface area contributed by atoms with E-state index in [2.05, 4.69) is 5.32 Å². The smallest absolute Gasteiger partial charge is 0.131 e. The molecular formula is C6H13NO3. The Labute approximate surface area is 59.5 Å². The highest BCUT2D eigenvalue weighted by atomic mass is 16.3. The minimum atomic E-state index is -0.870. The van der Waals surface area contributed by atoms with Gasteiger partial charge in [0.25, 0.3) is 0 Å². The monoisotopic (exact) mass is 147 g/mol. The Balaban J connectivity index is 2.33. The lowest BCUT2D eigenvalue weighted by Crippen LogP contribution is -2.51. The summed E-state index contributed by atoms with van der Waals surface area (Å²) < 4.78 is 0. The van der Waals surface area contributed by atoms with Crippen LogP contribution < -0.4 is 5.32 Å². The van der Waals surface area contributed by atoms with Crippen molar-refractivity contribution >= 4 is 0 Å². The van der Waals surface area contributed by atoms with E-state index in [1.165, 1.54) is 0 Å². The van der Waals surface area contributed by atoms with Gasteiger partial charge in [-0.25, -0.2) is 0 Å². The Bertz CT molecular complexity index is 109. The van der Waals surface area contributed by atoms with E-state index in [0.29, 0.717) is 12.8 Å². The Hall–Kier alpha value is -0.160. The van der Waals surface area contributed by atoms with Crippen molar-refractivity contribution in [2.45, 2.75) is 31.2 Å². The Morgan fingerprint density at radius 2 is 2.00 bits per heavy atom.